The van der Waals surface area contributed by atoms with E-state index in [9.17, 15) is 22.8 Å². The van der Waals surface area contributed by atoms with Crippen LogP contribution >= 0.6 is 0 Å². The molecule has 0 aliphatic carbocycles. The van der Waals surface area contributed by atoms with Gasteiger partial charge in [-0.1, -0.05) is 42.5 Å². The van der Waals surface area contributed by atoms with E-state index in [1.54, 1.807) is 12.1 Å². The maximum Gasteiger partial charge on any atom is 0.321 e. The number of urea groups is 1. The number of sulfonamides is 1. The molecule has 1 saturated heterocycles. The molecule has 0 atom stereocenters. The van der Waals surface area contributed by atoms with Gasteiger partial charge in [-0.2, -0.15) is 4.31 Å². The van der Waals surface area contributed by atoms with Gasteiger partial charge in [-0.15, -0.1) is 0 Å². The summed E-state index contributed by atoms with van der Waals surface area (Å²) >= 11 is 0. The van der Waals surface area contributed by atoms with Crippen LogP contribution in [-0.2, 0) is 37.3 Å². The van der Waals surface area contributed by atoms with E-state index in [2.05, 4.69) is 10.6 Å². The molecule has 2 N–H and O–H groups in total. The topological polar surface area (TPSA) is 122 Å². The summed E-state index contributed by atoms with van der Waals surface area (Å²) in [7, 11) is -3.47. The number of hydrogen-bond donors (Lipinski definition) is 2. The van der Waals surface area contributed by atoms with E-state index in [1.807, 2.05) is 30.3 Å². The Morgan fingerprint density at radius 1 is 0.909 bits per heavy atom. The number of nitrogens with one attached hydrogen (secondary N) is 2. The second-order valence-electron chi connectivity index (χ2n) is 7.63. The van der Waals surface area contributed by atoms with Gasteiger partial charge in [-0.3, -0.25) is 14.9 Å². The zero-order valence-electron chi connectivity index (χ0n) is 18.2. The van der Waals surface area contributed by atoms with E-state index in [0.29, 0.717) is 19.5 Å². The summed E-state index contributed by atoms with van der Waals surface area (Å²) in [5.41, 5.74) is 1.66. The van der Waals surface area contributed by atoms with Gasteiger partial charge in [0, 0.05) is 26.1 Å². The highest BCUT2D eigenvalue weighted by Gasteiger charge is 2.26. The normalized spacial score (nSPS) is 13.9. The molecule has 2 aromatic carbocycles. The molecule has 1 heterocycles. The average Bonchev–Trinajstić information content (AvgIpc) is 3.37. The minimum atomic E-state index is -3.47. The van der Waals surface area contributed by atoms with Crippen molar-refractivity contribution in [2.75, 3.05) is 19.7 Å². The molecule has 33 heavy (non-hydrogen) atoms. The first kappa shape index (κ1) is 24.4. The lowest BCUT2D eigenvalue weighted by Crippen LogP contribution is -2.41. The largest absolute Gasteiger partial charge is 0.456 e. The second kappa shape index (κ2) is 11.6. The minimum absolute atomic E-state index is 0.0195. The Morgan fingerprint density at radius 2 is 1.58 bits per heavy atom. The van der Waals surface area contributed by atoms with Crippen molar-refractivity contribution >= 4 is 27.9 Å². The number of hydrogen-bond acceptors (Lipinski definition) is 6. The van der Waals surface area contributed by atoms with Crippen LogP contribution < -0.4 is 10.6 Å². The van der Waals surface area contributed by atoms with Crippen molar-refractivity contribution in [2.45, 2.75) is 37.1 Å². The molecule has 1 aliphatic rings. The second-order valence-corrected chi connectivity index (χ2v) is 9.57. The van der Waals surface area contributed by atoms with Crippen LogP contribution in [0.15, 0.2) is 59.5 Å². The lowest BCUT2D eigenvalue weighted by atomic mass is 10.1. The molecule has 0 radical (unpaired) electrons. The van der Waals surface area contributed by atoms with Crippen molar-refractivity contribution in [3.8, 4) is 0 Å². The molecule has 1 aliphatic heterocycles. The van der Waals surface area contributed by atoms with Crippen LogP contribution in [0.3, 0.4) is 0 Å². The van der Waals surface area contributed by atoms with Crippen molar-refractivity contribution in [1.29, 1.82) is 0 Å². The summed E-state index contributed by atoms with van der Waals surface area (Å²) in [6.45, 7) is 0.777. The van der Waals surface area contributed by atoms with Gasteiger partial charge in [0.05, 0.1) is 4.90 Å². The summed E-state index contributed by atoms with van der Waals surface area (Å²) in [6, 6.07) is 14.9. The molecule has 10 heteroatoms. The average molecular weight is 474 g/mol. The molecule has 3 rings (SSSR count). The standard InChI is InChI=1S/C23H27N3O6S/c27-21(25-23(29)24-16-19-6-2-1-3-7-19)17-32-22(28)13-10-18-8-11-20(12-9-18)33(30,31)26-14-4-5-15-26/h1-3,6-9,11-12H,4-5,10,13-17H2,(H2,24,25,27,29). The Labute approximate surface area is 193 Å². The summed E-state index contributed by atoms with van der Waals surface area (Å²) in [4.78, 5) is 35.7. The van der Waals surface area contributed by atoms with Gasteiger partial charge in [0.15, 0.2) is 6.61 Å². The van der Waals surface area contributed by atoms with Crippen LogP contribution in [0.4, 0.5) is 4.79 Å². The number of amides is 3. The van der Waals surface area contributed by atoms with E-state index in [1.165, 1.54) is 16.4 Å². The molecule has 3 amide bonds. The third-order valence-corrected chi connectivity index (χ3v) is 7.07. The number of carbonyl (C=O) groups is 3. The summed E-state index contributed by atoms with van der Waals surface area (Å²) < 4.78 is 31.5. The third-order valence-electron chi connectivity index (χ3n) is 5.16. The Balaban J connectivity index is 1.36. The fourth-order valence-corrected chi connectivity index (χ4v) is 4.87. The van der Waals surface area contributed by atoms with Crippen LogP contribution in [0.2, 0.25) is 0 Å². The molecule has 2 aromatic rings. The summed E-state index contributed by atoms with van der Waals surface area (Å²) in [5, 5.41) is 4.64. The zero-order valence-corrected chi connectivity index (χ0v) is 19.0. The number of rotatable bonds is 9. The molecule has 9 nitrogen and oxygen atoms in total. The Morgan fingerprint density at radius 3 is 2.24 bits per heavy atom. The number of imide groups is 1. The van der Waals surface area contributed by atoms with Crippen LogP contribution in [-0.4, -0.2) is 50.3 Å². The van der Waals surface area contributed by atoms with Crippen LogP contribution in [0, 0.1) is 0 Å². The highest BCUT2D eigenvalue weighted by atomic mass is 32.2. The van der Waals surface area contributed by atoms with E-state index < -0.39 is 34.5 Å². The van der Waals surface area contributed by atoms with E-state index in [0.717, 1.165) is 24.0 Å². The number of nitrogens with zero attached hydrogens (tertiary/aromatic N) is 1. The lowest BCUT2D eigenvalue weighted by molar-refractivity contribution is -0.148. The quantitative estimate of drug-likeness (QED) is 0.537. The predicted molar refractivity (Wildman–Crippen MR) is 121 cm³/mol. The number of aryl methyl sites for hydroxylation is 1. The Hall–Kier alpha value is -3.24. The zero-order chi connectivity index (χ0) is 23.7. The van der Waals surface area contributed by atoms with Crippen molar-refractivity contribution in [2.24, 2.45) is 0 Å². The van der Waals surface area contributed by atoms with Crippen molar-refractivity contribution in [3.05, 3.63) is 65.7 Å². The fourth-order valence-electron chi connectivity index (χ4n) is 3.36. The van der Waals surface area contributed by atoms with Gasteiger partial charge >= 0.3 is 12.0 Å². The first-order chi connectivity index (χ1) is 15.8. The maximum absolute atomic E-state index is 12.5. The van der Waals surface area contributed by atoms with Crippen molar-refractivity contribution < 1.29 is 27.5 Å². The van der Waals surface area contributed by atoms with Crippen LogP contribution in [0.5, 0.6) is 0 Å². The summed E-state index contributed by atoms with van der Waals surface area (Å²) in [5.74, 6) is -1.33. The number of carbonyl (C=O) groups excluding carboxylic acids is 3. The SMILES string of the molecule is O=C(COC(=O)CCc1ccc(S(=O)(=O)N2CCCC2)cc1)NC(=O)NCc1ccccc1. The van der Waals surface area contributed by atoms with E-state index >= 15 is 0 Å². The Bertz CT molecular complexity index is 1070. The van der Waals surface area contributed by atoms with E-state index in [-0.39, 0.29) is 17.9 Å². The van der Waals surface area contributed by atoms with Crippen molar-refractivity contribution in [1.82, 2.24) is 14.9 Å². The number of benzene rings is 2. The fraction of sp³-hybridized carbons (Fsp3) is 0.348. The molecule has 0 aromatic heterocycles. The molecule has 176 valence electrons. The molecular weight excluding hydrogens is 446 g/mol. The van der Waals surface area contributed by atoms with Gasteiger partial charge < -0.3 is 10.1 Å². The first-order valence-electron chi connectivity index (χ1n) is 10.7. The van der Waals surface area contributed by atoms with Gasteiger partial charge in [-0.25, -0.2) is 13.2 Å². The first-order valence-corrected chi connectivity index (χ1v) is 12.1. The van der Waals surface area contributed by atoms with Gasteiger partial charge in [0.25, 0.3) is 5.91 Å². The smallest absolute Gasteiger partial charge is 0.321 e. The molecular formula is C23H27N3O6S. The lowest BCUT2D eigenvalue weighted by Gasteiger charge is -2.15. The van der Waals surface area contributed by atoms with Gasteiger partial charge in [-0.05, 0) is 42.5 Å². The van der Waals surface area contributed by atoms with Crippen molar-refractivity contribution in [3.63, 3.8) is 0 Å². The van der Waals surface area contributed by atoms with E-state index in [4.69, 9.17) is 4.74 Å². The summed E-state index contributed by atoms with van der Waals surface area (Å²) in [6.07, 6.45) is 2.10. The third kappa shape index (κ3) is 7.40. The molecule has 0 saturated carbocycles. The molecule has 1 fully saturated rings. The highest BCUT2D eigenvalue weighted by Crippen LogP contribution is 2.21. The molecule has 0 bridgehead atoms. The molecule has 0 spiro atoms. The van der Waals surface area contributed by atoms with Crippen LogP contribution in [0.25, 0.3) is 0 Å². The number of esters is 1. The maximum atomic E-state index is 12.5. The molecule has 0 unspecified atom stereocenters. The monoisotopic (exact) mass is 473 g/mol. The minimum Gasteiger partial charge on any atom is -0.456 e. The Kier molecular flexibility index (Phi) is 8.56. The number of ether oxygens (including phenoxy) is 1. The predicted octanol–water partition coefficient (Wildman–Crippen LogP) is 1.97. The van der Waals surface area contributed by atoms with Gasteiger partial charge in [0.1, 0.15) is 0 Å². The van der Waals surface area contributed by atoms with Gasteiger partial charge in [0.2, 0.25) is 10.0 Å². The highest BCUT2D eigenvalue weighted by molar-refractivity contribution is 7.89. The van der Waals surface area contributed by atoms with Crippen LogP contribution in [0.1, 0.15) is 30.4 Å².